The van der Waals surface area contributed by atoms with Gasteiger partial charge < -0.3 is 0 Å². The second-order valence-electron chi connectivity index (χ2n) is 4.21. The van der Waals surface area contributed by atoms with Gasteiger partial charge in [0, 0.05) is 23.5 Å². The number of nitriles is 1. The van der Waals surface area contributed by atoms with Crippen molar-refractivity contribution in [3.8, 4) is 28.5 Å². The minimum Gasteiger partial charge on any atom is -0.278 e. The van der Waals surface area contributed by atoms with Crippen LogP contribution in [0.5, 0.6) is 0 Å². The van der Waals surface area contributed by atoms with Crippen LogP contribution in [0, 0.1) is 17.1 Å². The summed E-state index contributed by atoms with van der Waals surface area (Å²) >= 11 is 0. The summed E-state index contributed by atoms with van der Waals surface area (Å²) in [6.45, 7) is 0. The van der Waals surface area contributed by atoms with Crippen molar-refractivity contribution in [3.63, 3.8) is 0 Å². The molecular formula is C15H9FN4. The molecule has 0 unspecified atom stereocenters. The van der Waals surface area contributed by atoms with E-state index in [-0.39, 0.29) is 5.82 Å². The third kappa shape index (κ3) is 2.15. The highest BCUT2D eigenvalue weighted by atomic mass is 19.1. The Morgan fingerprint density at radius 1 is 1.10 bits per heavy atom. The molecular weight excluding hydrogens is 255 g/mol. The van der Waals surface area contributed by atoms with E-state index < -0.39 is 0 Å². The molecule has 0 aliphatic heterocycles. The van der Waals surface area contributed by atoms with Crippen molar-refractivity contribution in [2.45, 2.75) is 0 Å². The molecule has 3 aromatic rings. The summed E-state index contributed by atoms with van der Waals surface area (Å²) < 4.78 is 13.0. The van der Waals surface area contributed by atoms with Crippen LogP contribution < -0.4 is 0 Å². The zero-order valence-corrected chi connectivity index (χ0v) is 10.3. The third-order valence-electron chi connectivity index (χ3n) is 2.96. The Morgan fingerprint density at radius 3 is 2.55 bits per heavy atom. The monoisotopic (exact) mass is 264 g/mol. The normalized spacial score (nSPS) is 10.2. The van der Waals surface area contributed by atoms with Crippen LogP contribution in [-0.2, 0) is 0 Å². The lowest BCUT2D eigenvalue weighted by Crippen LogP contribution is -1.91. The number of benzene rings is 1. The van der Waals surface area contributed by atoms with Crippen LogP contribution in [0.25, 0.3) is 22.4 Å². The largest absolute Gasteiger partial charge is 0.278 e. The van der Waals surface area contributed by atoms with E-state index in [0.29, 0.717) is 11.3 Å². The number of halogens is 1. The Hall–Kier alpha value is -3.00. The molecule has 96 valence electrons. The first-order valence-corrected chi connectivity index (χ1v) is 5.94. The molecule has 2 aromatic heterocycles. The fraction of sp³-hybridized carbons (Fsp3) is 0. The third-order valence-corrected chi connectivity index (χ3v) is 2.96. The van der Waals surface area contributed by atoms with E-state index >= 15 is 0 Å². The van der Waals surface area contributed by atoms with Crippen molar-refractivity contribution >= 4 is 0 Å². The maximum Gasteiger partial charge on any atom is 0.149 e. The summed E-state index contributed by atoms with van der Waals surface area (Å²) in [5.41, 5.74) is 3.36. The van der Waals surface area contributed by atoms with E-state index in [1.165, 1.54) is 12.1 Å². The van der Waals surface area contributed by atoms with Gasteiger partial charge in [-0.2, -0.15) is 10.4 Å². The topological polar surface area (TPSA) is 65.4 Å². The molecule has 0 amide bonds. The van der Waals surface area contributed by atoms with Gasteiger partial charge in [-0.15, -0.1) is 0 Å². The van der Waals surface area contributed by atoms with Gasteiger partial charge in [0.2, 0.25) is 0 Å². The molecule has 2 heterocycles. The predicted octanol–water partition coefficient (Wildman–Crippen LogP) is 3.15. The van der Waals surface area contributed by atoms with Gasteiger partial charge in [-0.3, -0.25) is 5.10 Å². The van der Waals surface area contributed by atoms with E-state index in [2.05, 4.69) is 21.3 Å². The standard InChI is InChI=1S/C15H9FN4/c16-12-3-1-10(2-4-12)11-7-13(14-5-6-19-20-14)15(8-17)18-9-11/h1-7,9H,(H,19,20). The van der Waals surface area contributed by atoms with Gasteiger partial charge in [-0.25, -0.2) is 9.37 Å². The van der Waals surface area contributed by atoms with Gasteiger partial charge in [-0.1, -0.05) is 12.1 Å². The van der Waals surface area contributed by atoms with Crippen LogP contribution in [0.2, 0.25) is 0 Å². The lowest BCUT2D eigenvalue weighted by molar-refractivity contribution is 0.628. The average Bonchev–Trinajstić information content (AvgIpc) is 3.01. The van der Waals surface area contributed by atoms with Crippen molar-refractivity contribution in [1.82, 2.24) is 15.2 Å². The number of hydrogen-bond acceptors (Lipinski definition) is 3. The number of hydrogen-bond donors (Lipinski definition) is 1. The summed E-state index contributed by atoms with van der Waals surface area (Å²) in [5.74, 6) is -0.288. The fourth-order valence-electron chi connectivity index (χ4n) is 1.97. The first-order chi connectivity index (χ1) is 9.78. The second kappa shape index (κ2) is 4.94. The molecule has 0 saturated heterocycles. The molecule has 0 spiro atoms. The number of aromatic amines is 1. The van der Waals surface area contributed by atoms with Crippen LogP contribution in [0.15, 0.2) is 48.8 Å². The second-order valence-corrected chi connectivity index (χ2v) is 4.21. The summed E-state index contributed by atoms with van der Waals surface area (Å²) in [6.07, 6.45) is 3.21. The van der Waals surface area contributed by atoms with Crippen molar-refractivity contribution in [1.29, 1.82) is 5.26 Å². The van der Waals surface area contributed by atoms with Crippen LogP contribution in [0.1, 0.15) is 5.69 Å². The number of nitrogens with zero attached hydrogens (tertiary/aromatic N) is 3. The summed E-state index contributed by atoms with van der Waals surface area (Å²) in [4.78, 5) is 4.15. The molecule has 1 N–H and O–H groups in total. The van der Waals surface area contributed by atoms with Crippen LogP contribution in [-0.4, -0.2) is 15.2 Å². The number of nitrogens with one attached hydrogen (secondary N) is 1. The Labute approximate surface area is 114 Å². The maximum absolute atomic E-state index is 13.0. The van der Waals surface area contributed by atoms with Crippen molar-refractivity contribution in [2.24, 2.45) is 0 Å². The smallest absolute Gasteiger partial charge is 0.149 e. The molecule has 4 nitrogen and oxygen atoms in total. The average molecular weight is 264 g/mol. The molecule has 0 saturated carbocycles. The zero-order chi connectivity index (χ0) is 13.9. The Kier molecular flexibility index (Phi) is 2.98. The number of pyridine rings is 1. The Bertz CT molecular complexity index is 771. The SMILES string of the molecule is N#Cc1ncc(-c2ccc(F)cc2)cc1-c1ccn[nH]1. The predicted molar refractivity (Wildman–Crippen MR) is 71.9 cm³/mol. The van der Waals surface area contributed by atoms with Gasteiger partial charge in [0.1, 0.15) is 17.6 Å². The Morgan fingerprint density at radius 2 is 1.90 bits per heavy atom. The quantitative estimate of drug-likeness (QED) is 0.773. The van der Waals surface area contributed by atoms with E-state index in [1.807, 2.05) is 6.07 Å². The van der Waals surface area contributed by atoms with Crippen molar-refractivity contribution in [2.75, 3.05) is 0 Å². The highest BCUT2D eigenvalue weighted by Crippen LogP contribution is 2.26. The zero-order valence-electron chi connectivity index (χ0n) is 10.3. The first-order valence-electron chi connectivity index (χ1n) is 5.94. The number of aromatic nitrogens is 3. The molecule has 5 heteroatoms. The lowest BCUT2D eigenvalue weighted by atomic mass is 10.0. The molecule has 0 fully saturated rings. The minimum atomic E-state index is -0.288. The highest BCUT2D eigenvalue weighted by Gasteiger charge is 2.10. The fourth-order valence-corrected chi connectivity index (χ4v) is 1.97. The van der Waals surface area contributed by atoms with Gasteiger partial charge >= 0.3 is 0 Å². The molecule has 3 rings (SSSR count). The van der Waals surface area contributed by atoms with Gasteiger partial charge in [0.05, 0.1) is 5.69 Å². The van der Waals surface area contributed by atoms with E-state index in [9.17, 15) is 4.39 Å². The van der Waals surface area contributed by atoms with E-state index in [0.717, 1.165) is 16.8 Å². The summed E-state index contributed by atoms with van der Waals surface area (Å²) in [5, 5.41) is 15.8. The molecule has 0 atom stereocenters. The minimum absolute atomic E-state index is 0.288. The summed E-state index contributed by atoms with van der Waals surface area (Å²) in [7, 11) is 0. The van der Waals surface area contributed by atoms with Gasteiger partial charge in [0.15, 0.2) is 0 Å². The maximum atomic E-state index is 13.0. The molecule has 0 aliphatic rings. The van der Waals surface area contributed by atoms with Crippen LogP contribution >= 0.6 is 0 Å². The van der Waals surface area contributed by atoms with Crippen molar-refractivity contribution in [3.05, 3.63) is 60.3 Å². The van der Waals surface area contributed by atoms with Crippen molar-refractivity contribution < 1.29 is 4.39 Å². The Balaban J connectivity index is 2.13. The lowest BCUT2D eigenvalue weighted by Gasteiger charge is -2.05. The van der Waals surface area contributed by atoms with Crippen LogP contribution in [0.3, 0.4) is 0 Å². The number of rotatable bonds is 2. The summed E-state index contributed by atoms with van der Waals surface area (Å²) in [6, 6.07) is 11.8. The molecule has 0 radical (unpaired) electrons. The number of H-pyrrole nitrogens is 1. The highest BCUT2D eigenvalue weighted by molar-refractivity contribution is 5.73. The van der Waals surface area contributed by atoms with E-state index in [1.54, 1.807) is 30.6 Å². The van der Waals surface area contributed by atoms with Crippen LogP contribution in [0.4, 0.5) is 4.39 Å². The molecule has 20 heavy (non-hydrogen) atoms. The first kappa shape index (κ1) is 12.1. The molecule has 0 aliphatic carbocycles. The van der Waals surface area contributed by atoms with Gasteiger partial charge in [0.25, 0.3) is 0 Å². The van der Waals surface area contributed by atoms with E-state index in [4.69, 9.17) is 5.26 Å². The molecule has 1 aromatic carbocycles. The molecule has 0 bridgehead atoms. The van der Waals surface area contributed by atoms with Gasteiger partial charge in [-0.05, 0) is 29.8 Å².